The number of aryl methyl sites for hydroxylation is 1. The van der Waals surface area contributed by atoms with Gasteiger partial charge in [0.05, 0.1) is 23.9 Å². The van der Waals surface area contributed by atoms with Crippen LogP contribution < -0.4 is 15.4 Å². The molecule has 0 saturated carbocycles. The van der Waals surface area contributed by atoms with Crippen LogP contribution in [0.2, 0.25) is 0 Å². The van der Waals surface area contributed by atoms with Crippen LogP contribution >= 0.6 is 0 Å². The molecule has 1 saturated heterocycles. The Morgan fingerprint density at radius 1 is 1.13 bits per heavy atom. The van der Waals surface area contributed by atoms with Crippen molar-refractivity contribution >= 4 is 28.3 Å². The molecule has 1 aliphatic rings. The molecule has 1 fully saturated rings. The first-order chi connectivity index (χ1) is 15.0. The number of primary amides is 1. The van der Waals surface area contributed by atoms with Crippen LogP contribution in [-0.2, 0) is 11.2 Å². The first kappa shape index (κ1) is 20.8. The molecule has 3 aromatic rings. The molecular weight excluding hydrogens is 390 g/mol. The number of ether oxygens (including phenoxy) is 1. The maximum atomic E-state index is 13.5. The normalized spacial score (nSPS) is 14.6. The lowest BCUT2D eigenvalue weighted by Crippen LogP contribution is -2.39. The third-order valence-electron chi connectivity index (χ3n) is 6.13. The molecule has 2 N–H and O–H groups in total. The molecule has 2 heterocycles. The summed E-state index contributed by atoms with van der Waals surface area (Å²) in [5.41, 5.74) is 9.54. The molecule has 0 aliphatic carbocycles. The van der Waals surface area contributed by atoms with Crippen molar-refractivity contribution in [3.05, 3.63) is 65.4 Å². The number of fused-ring (bicyclic) bond motifs is 1. The number of methoxy groups -OCH3 is 1. The molecule has 4 rings (SSSR count). The lowest BCUT2D eigenvalue weighted by Gasteiger charge is -2.34. The maximum Gasteiger partial charge on any atom is 0.220 e. The molecule has 0 radical (unpaired) electrons. The van der Waals surface area contributed by atoms with Crippen LogP contribution in [0.15, 0.2) is 48.7 Å². The number of piperidine rings is 1. The van der Waals surface area contributed by atoms with Gasteiger partial charge in [-0.3, -0.25) is 14.6 Å². The van der Waals surface area contributed by atoms with Crippen LogP contribution in [-0.4, -0.2) is 36.9 Å². The van der Waals surface area contributed by atoms with Gasteiger partial charge in [-0.25, -0.2) is 0 Å². The minimum Gasteiger partial charge on any atom is -0.497 e. The third-order valence-corrected chi connectivity index (χ3v) is 6.13. The van der Waals surface area contributed by atoms with E-state index in [9.17, 15) is 9.59 Å². The standard InChI is InChI=1S/C25H27N3O3/c1-3-16-4-6-17(7-5-16)24(29)21-15-27-22-9-8-19(31-2)14-20(22)23(21)28-12-10-18(11-13-28)25(26)30/h4-9,14-15,18H,3,10-13H2,1-2H3,(H2,26,30). The van der Waals surface area contributed by atoms with Crippen LogP contribution in [0.1, 0.15) is 41.3 Å². The van der Waals surface area contributed by atoms with E-state index in [4.69, 9.17) is 10.5 Å². The molecule has 160 valence electrons. The van der Waals surface area contributed by atoms with Crippen molar-refractivity contribution in [1.82, 2.24) is 4.98 Å². The monoisotopic (exact) mass is 417 g/mol. The van der Waals surface area contributed by atoms with Crippen molar-refractivity contribution in [2.45, 2.75) is 26.2 Å². The number of hydrogen-bond acceptors (Lipinski definition) is 5. The lowest BCUT2D eigenvalue weighted by molar-refractivity contribution is -0.122. The number of pyridine rings is 1. The SMILES string of the molecule is CCc1ccc(C(=O)c2cnc3ccc(OC)cc3c2N2CCC(C(N)=O)CC2)cc1. The van der Waals surface area contributed by atoms with Gasteiger partial charge >= 0.3 is 0 Å². The van der Waals surface area contributed by atoms with Gasteiger partial charge in [-0.1, -0.05) is 31.2 Å². The minimum absolute atomic E-state index is 0.0631. The Balaban J connectivity index is 1.81. The third kappa shape index (κ3) is 4.10. The molecule has 1 aromatic heterocycles. The van der Waals surface area contributed by atoms with Crippen LogP contribution in [0, 0.1) is 5.92 Å². The molecule has 0 atom stereocenters. The van der Waals surface area contributed by atoms with Gasteiger partial charge < -0.3 is 15.4 Å². The second-order valence-electron chi connectivity index (χ2n) is 7.95. The highest BCUT2D eigenvalue weighted by Crippen LogP contribution is 2.35. The van der Waals surface area contributed by atoms with Gasteiger partial charge in [0.1, 0.15) is 5.75 Å². The van der Waals surface area contributed by atoms with Gasteiger partial charge in [0.2, 0.25) is 5.91 Å². The summed E-state index contributed by atoms with van der Waals surface area (Å²) in [6.45, 7) is 3.39. The fraction of sp³-hybridized carbons (Fsp3) is 0.320. The summed E-state index contributed by atoms with van der Waals surface area (Å²) in [5, 5.41) is 0.868. The van der Waals surface area contributed by atoms with Crippen molar-refractivity contribution in [2.75, 3.05) is 25.1 Å². The maximum absolute atomic E-state index is 13.5. The van der Waals surface area contributed by atoms with E-state index in [1.807, 2.05) is 42.5 Å². The van der Waals surface area contributed by atoms with Crippen LogP contribution in [0.25, 0.3) is 10.9 Å². The predicted octanol–water partition coefficient (Wildman–Crippen LogP) is 3.74. The van der Waals surface area contributed by atoms with E-state index in [-0.39, 0.29) is 17.6 Å². The van der Waals surface area contributed by atoms with E-state index >= 15 is 0 Å². The van der Waals surface area contributed by atoms with Crippen molar-refractivity contribution in [3.63, 3.8) is 0 Å². The van der Waals surface area contributed by atoms with E-state index < -0.39 is 0 Å². The molecule has 31 heavy (non-hydrogen) atoms. The van der Waals surface area contributed by atoms with Gasteiger partial charge in [-0.2, -0.15) is 0 Å². The van der Waals surface area contributed by atoms with Crippen LogP contribution in [0.4, 0.5) is 5.69 Å². The summed E-state index contributed by atoms with van der Waals surface area (Å²) in [7, 11) is 1.62. The molecule has 2 aromatic carbocycles. The number of aromatic nitrogens is 1. The molecule has 6 nitrogen and oxygen atoms in total. The van der Waals surface area contributed by atoms with E-state index in [0.29, 0.717) is 42.8 Å². The Kier molecular flexibility index (Phi) is 5.89. The predicted molar refractivity (Wildman–Crippen MR) is 122 cm³/mol. The molecule has 1 amide bonds. The van der Waals surface area contributed by atoms with Gasteiger partial charge in [0.15, 0.2) is 5.78 Å². The van der Waals surface area contributed by atoms with Gasteiger partial charge in [0, 0.05) is 36.2 Å². The Hall–Kier alpha value is -3.41. The van der Waals surface area contributed by atoms with Crippen LogP contribution in [0.3, 0.4) is 0 Å². The Labute approximate surface area is 182 Å². The van der Waals surface area contributed by atoms with Crippen molar-refractivity contribution in [3.8, 4) is 5.75 Å². The molecule has 0 spiro atoms. The van der Waals surface area contributed by atoms with Crippen molar-refractivity contribution in [1.29, 1.82) is 0 Å². The summed E-state index contributed by atoms with van der Waals surface area (Å²) in [4.78, 5) is 31.9. The first-order valence-corrected chi connectivity index (χ1v) is 10.7. The Bertz CT molecular complexity index is 1120. The van der Waals surface area contributed by atoms with E-state index in [2.05, 4.69) is 16.8 Å². The number of hydrogen-bond donors (Lipinski definition) is 1. The highest BCUT2D eigenvalue weighted by Gasteiger charge is 2.28. The van der Waals surface area contributed by atoms with E-state index in [0.717, 1.165) is 23.0 Å². The minimum atomic E-state index is -0.256. The number of benzene rings is 2. The smallest absolute Gasteiger partial charge is 0.220 e. The summed E-state index contributed by atoms with van der Waals surface area (Å²) in [6, 6.07) is 13.4. The zero-order chi connectivity index (χ0) is 22.0. The van der Waals surface area contributed by atoms with Gasteiger partial charge in [-0.05, 0) is 43.0 Å². The fourth-order valence-corrected chi connectivity index (χ4v) is 4.23. The van der Waals surface area contributed by atoms with E-state index in [1.165, 1.54) is 5.56 Å². The fourth-order valence-electron chi connectivity index (χ4n) is 4.23. The lowest BCUT2D eigenvalue weighted by atomic mass is 9.93. The number of carbonyl (C=O) groups is 2. The number of anilines is 1. The largest absolute Gasteiger partial charge is 0.497 e. The average Bonchev–Trinajstić information content (AvgIpc) is 2.82. The average molecular weight is 418 g/mol. The van der Waals surface area contributed by atoms with E-state index in [1.54, 1.807) is 13.3 Å². The topological polar surface area (TPSA) is 85.5 Å². The number of rotatable bonds is 6. The van der Waals surface area contributed by atoms with Gasteiger partial charge in [-0.15, -0.1) is 0 Å². The Morgan fingerprint density at radius 2 is 1.84 bits per heavy atom. The first-order valence-electron chi connectivity index (χ1n) is 10.7. The highest BCUT2D eigenvalue weighted by molar-refractivity contribution is 6.16. The molecule has 1 aliphatic heterocycles. The highest BCUT2D eigenvalue weighted by atomic mass is 16.5. The summed E-state index contributed by atoms with van der Waals surface area (Å²) in [5.74, 6) is 0.263. The number of nitrogens with zero attached hydrogens (tertiary/aromatic N) is 2. The van der Waals surface area contributed by atoms with Crippen LogP contribution in [0.5, 0.6) is 5.75 Å². The molecule has 0 bridgehead atoms. The second kappa shape index (κ2) is 8.76. The number of nitrogens with two attached hydrogens (primary N) is 1. The summed E-state index contributed by atoms with van der Waals surface area (Å²) >= 11 is 0. The van der Waals surface area contributed by atoms with Crippen molar-refractivity contribution in [2.24, 2.45) is 11.7 Å². The second-order valence-corrected chi connectivity index (χ2v) is 7.95. The zero-order valence-corrected chi connectivity index (χ0v) is 17.9. The number of amides is 1. The summed E-state index contributed by atoms with van der Waals surface area (Å²) in [6.07, 6.45) is 3.93. The molecule has 6 heteroatoms. The van der Waals surface area contributed by atoms with Gasteiger partial charge in [0.25, 0.3) is 0 Å². The molecular formula is C25H27N3O3. The number of carbonyl (C=O) groups excluding carboxylic acids is 2. The summed E-state index contributed by atoms with van der Waals surface area (Å²) < 4.78 is 5.43. The zero-order valence-electron chi connectivity index (χ0n) is 17.9. The van der Waals surface area contributed by atoms with Crippen molar-refractivity contribution < 1.29 is 14.3 Å². The Morgan fingerprint density at radius 3 is 2.45 bits per heavy atom. The molecule has 0 unspecified atom stereocenters. The number of ketones is 1. The quantitative estimate of drug-likeness (QED) is 0.618.